The van der Waals surface area contributed by atoms with Gasteiger partial charge in [0.05, 0.1) is 0 Å². The molecule has 0 aromatic heterocycles. The van der Waals surface area contributed by atoms with Crippen molar-refractivity contribution in [2.45, 2.75) is 6.55 Å². The number of hydrogen-bond donors (Lipinski definition) is 3. The van der Waals surface area contributed by atoms with Crippen LogP contribution in [-0.4, -0.2) is 29.5 Å². The smallest absolute Gasteiger partial charge is 0.507 e. The van der Waals surface area contributed by atoms with E-state index in [4.69, 9.17) is 9.59 Å². The van der Waals surface area contributed by atoms with E-state index in [9.17, 15) is 9.90 Å². The predicted molar refractivity (Wildman–Crippen MR) is 49.6 cm³/mol. The van der Waals surface area contributed by atoms with Gasteiger partial charge in [0, 0.05) is 6.55 Å². The summed E-state index contributed by atoms with van der Waals surface area (Å²) >= 11 is 0. The molecule has 0 aliphatic rings. The quantitative estimate of drug-likeness (QED) is 0.608. The third kappa shape index (κ3) is 2.84. The first-order valence-corrected chi connectivity index (χ1v) is 6.16. The second kappa shape index (κ2) is 3.78. The summed E-state index contributed by atoms with van der Waals surface area (Å²) in [5.41, 5.74) is -0.0886. The van der Waals surface area contributed by atoms with Crippen LogP contribution in [0.5, 0.6) is 5.75 Å². The molecule has 0 atom stereocenters. The zero-order chi connectivity index (χ0) is 10.8. The molecule has 0 radical (unpaired) electrons. The molecule has 14 heavy (non-hydrogen) atoms. The minimum Gasteiger partial charge on any atom is -0.507 e. The SMILES string of the molecule is C[Si](O)(O)OC(=O)c1ccccc1O. The molecule has 0 spiro atoms. The van der Waals surface area contributed by atoms with Gasteiger partial charge in [-0.3, -0.25) is 0 Å². The van der Waals surface area contributed by atoms with Gasteiger partial charge in [-0.15, -0.1) is 0 Å². The third-order valence-corrected chi connectivity index (χ3v) is 1.98. The van der Waals surface area contributed by atoms with Gasteiger partial charge in [0.25, 0.3) is 0 Å². The van der Waals surface area contributed by atoms with Crippen LogP contribution in [0.3, 0.4) is 0 Å². The Kier molecular flexibility index (Phi) is 2.89. The number of benzene rings is 1. The summed E-state index contributed by atoms with van der Waals surface area (Å²) < 4.78 is 4.36. The Hall–Kier alpha value is -1.37. The summed E-state index contributed by atoms with van der Waals surface area (Å²) in [6.45, 7) is 1.03. The minimum absolute atomic E-state index is 0.0886. The average Bonchev–Trinajstić information content (AvgIpc) is 2.01. The first-order chi connectivity index (χ1) is 6.40. The van der Waals surface area contributed by atoms with Crippen molar-refractivity contribution in [1.29, 1.82) is 0 Å². The molecule has 1 aromatic carbocycles. The van der Waals surface area contributed by atoms with Gasteiger partial charge in [-0.2, -0.15) is 0 Å². The fraction of sp³-hybridized carbons (Fsp3) is 0.125. The van der Waals surface area contributed by atoms with Crippen molar-refractivity contribution in [3.63, 3.8) is 0 Å². The molecule has 5 nitrogen and oxygen atoms in total. The number of carbonyl (C=O) groups is 1. The van der Waals surface area contributed by atoms with E-state index in [0.29, 0.717) is 0 Å². The topological polar surface area (TPSA) is 87.0 Å². The van der Waals surface area contributed by atoms with Gasteiger partial charge in [0.2, 0.25) is 0 Å². The molecule has 6 heteroatoms. The molecule has 0 aliphatic carbocycles. The van der Waals surface area contributed by atoms with Crippen molar-refractivity contribution < 1.29 is 23.9 Å². The Labute approximate surface area is 81.6 Å². The third-order valence-electron chi connectivity index (χ3n) is 1.41. The molecule has 0 unspecified atom stereocenters. The summed E-state index contributed by atoms with van der Waals surface area (Å²) in [6, 6.07) is 5.71. The Bertz CT molecular complexity index is 344. The molecule has 0 saturated carbocycles. The number of hydrogen-bond acceptors (Lipinski definition) is 5. The molecule has 1 aromatic rings. The van der Waals surface area contributed by atoms with Gasteiger partial charge in [0.15, 0.2) is 0 Å². The highest BCUT2D eigenvalue weighted by Gasteiger charge is 2.30. The highest BCUT2D eigenvalue weighted by Crippen LogP contribution is 2.17. The fourth-order valence-electron chi connectivity index (χ4n) is 0.877. The Morgan fingerprint density at radius 1 is 1.36 bits per heavy atom. The van der Waals surface area contributed by atoms with Crippen molar-refractivity contribution in [3.8, 4) is 5.75 Å². The largest absolute Gasteiger partial charge is 0.559 e. The molecule has 76 valence electrons. The Morgan fingerprint density at radius 2 is 1.93 bits per heavy atom. The van der Waals surface area contributed by atoms with Crippen molar-refractivity contribution in [2.24, 2.45) is 0 Å². The predicted octanol–water partition coefficient (Wildman–Crippen LogP) is 0.102. The van der Waals surface area contributed by atoms with Crippen LogP contribution in [0, 0.1) is 0 Å². The van der Waals surface area contributed by atoms with Crippen LogP contribution in [0.4, 0.5) is 0 Å². The van der Waals surface area contributed by atoms with E-state index in [0.717, 1.165) is 6.55 Å². The molecular formula is C8H10O5Si. The highest BCUT2D eigenvalue weighted by molar-refractivity contribution is 6.58. The molecule has 0 bridgehead atoms. The average molecular weight is 214 g/mol. The van der Waals surface area contributed by atoms with Crippen LogP contribution in [-0.2, 0) is 4.43 Å². The fourth-order valence-corrected chi connectivity index (χ4v) is 1.34. The molecular weight excluding hydrogens is 204 g/mol. The van der Waals surface area contributed by atoms with E-state index in [1.807, 2.05) is 0 Å². The number of aromatic hydroxyl groups is 1. The number of para-hydroxylation sites is 1. The second-order valence-electron chi connectivity index (χ2n) is 2.84. The first-order valence-electron chi connectivity index (χ1n) is 3.86. The van der Waals surface area contributed by atoms with E-state index in [1.165, 1.54) is 18.2 Å². The second-order valence-corrected chi connectivity index (χ2v) is 4.91. The normalized spacial score (nSPS) is 11.1. The van der Waals surface area contributed by atoms with Crippen LogP contribution in [0.2, 0.25) is 6.55 Å². The number of phenolic OH excluding ortho intramolecular Hbond substituents is 1. The van der Waals surface area contributed by atoms with Crippen molar-refractivity contribution >= 4 is 14.8 Å². The molecule has 1 rings (SSSR count). The van der Waals surface area contributed by atoms with Crippen LogP contribution in [0.1, 0.15) is 10.4 Å². The first kappa shape index (κ1) is 10.7. The lowest BCUT2D eigenvalue weighted by molar-refractivity contribution is 0.0606. The summed E-state index contributed by atoms with van der Waals surface area (Å²) in [4.78, 5) is 29.0. The van der Waals surface area contributed by atoms with Crippen LogP contribution in [0.15, 0.2) is 24.3 Å². The summed E-state index contributed by atoms with van der Waals surface area (Å²) in [7, 11) is -3.89. The van der Waals surface area contributed by atoms with Crippen molar-refractivity contribution in [2.75, 3.05) is 0 Å². The summed E-state index contributed by atoms with van der Waals surface area (Å²) in [5, 5.41) is 9.23. The molecule has 0 heterocycles. The zero-order valence-corrected chi connectivity index (χ0v) is 8.47. The van der Waals surface area contributed by atoms with Gasteiger partial charge in [-0.1, -0.05) is 12.1 Å². The Balaban J connectivity index is 2.86. The molecule has 0 saturated heterocycles. The van der Waals surface area contributed by atoms with E-state index in [-0.39, 0.29) is 11.3 Å². The zero-order valence-electron chi connectivity index (χ0n) is 7.47. The maximum Gasteiger partial charge on any atom is 0.559 e. The number of carbonyl (C=O) groups excluding carboxylic acids is 1. The maximum atomic E-state index is 11.2. The summed E-state index contributed by atoms with van der Waals surface area (Å²) in [5.74, 6) is -1.20. The van der Waals surface area contributed by atoms with E-state index in [1.54, 1.807) is 6.07 Å². The van der Waals surface area contributed by atoms with E-state index in [2.05, 4.69) is 4.43 Å². The lowest BCUT2D eigenvalue weighted by atomic mass is 10.2. The lowest BCUT2D eigenvalue weighted by Crippen LogP contribution is -2.37. The lowest BCUT2D eigenvalue weighted by Gasteiger charge is -2.12. The molecule has 3 N–H and O–H groups in total. The number of phenols is 1. The summed E-state index contributed by atoms with van der Waals surface area (Å²) in [6.07, 6.45) is 0. The molecule has 0 amide bonds. The van der Waals surface area contributed by atoms with Gasteiger partial charge in [-0.05, 0) is 12.1 Å². The number of rotatable bonds is 2. The van der Waals surface area contributed by atoms with E-state index >= 15 is 0 Å². The van der Waals surface area contributed by atoms with Gasteiger partial charge >= 0.3 is 14.8 Å². The molecule has 0 aliphatic heterocycles. The van der Waals surface area contributed by atoms with Crippen molar-refractivity contribution in [3.05, 3.63) is 29.8 Å². The maximum absolute atomic E-state index is 11.2. The van der Waals surface area contributed by atoms with Crippen LogP contribution < -0.4 is 0 Å². The minimum atomic E-state index is -3.89. The van der Waals surface area contributed by atoms with Gasteiger partial charge in [-0.25, -0.2) is 4.79 Å². The van der Waals surface area contributed by atoms with Gasteiger partial charge in [0.1, 0.15) is 11.3 Å². The van der Waals surface area contributed by atoms with Crippen LogP contribution in [0.25, 0.3) is 0 Å². The van der Waals surface area contributed by atoms with E-state index < -0.39 is 14.8 Å². The van der Waals surface area contributed by atoms with Gasteiger partial charge < -0.3 is 19.1 Å². The standard InChI is InChI=1S/C8H10O5Si/c1-14(11,12)13-8(10)6-4-2-3-5-7(6)9/h2-5,9,11-12H,1H3. The Morgan fingerprint density at radius 3 is 2.43 bits per heavy atom. The highest BCUT2D eigenvalue weighted by atomic mass is 28.4. The van der Waals surface area contributed by atoms with Crippen LogP contribution >= 0.6 is 0 Å². The molecule has 0 fully saturated rings. The monoisotopic (exact) mass is 214 g/mol. The van der Waals surface area contributed by atoms with Crippen molar-refractivity contribution in [1.82, 2.24) is 0 Å².